The number of rotatable bonds is 2. The Kier molecular flexibility index (Phi) is 4.95. The first-order chi connectivity index (χ1) is 15.2. The summed E-state index contributed by atoms with van der Waals surface area (Å²) in [5.41, 5.74) is 5.48. The highest BCUT2D eigenvalue weighted by Gasteiger charge is 2.18. The lowest BCUT2D eigenvalue weighted by Crippen LogP contribution is -2.09. The van der Waals surface area contributed by atoms with Crippen molar-refractivity contribution in [2.24, 2.45) is 14.1 Å². The van der Waals surface area contributed by atoms with Crippen molar-refractivity contribution in [3.63, 3.8) is 0 Å². The predicted octanol–water partition coefficient (Wildman–Crippen LogP) is 3.18. The Bertz CT molecular complexity index is 1270. The van der Waals surface area contributed by atoms with Crippen LogP contribution >= 0.6 is 0 Å². The normalized spacial score (nSPS) is 14.9. The van der Waals surface area contributed by atoms with Crippen LogP contribution in [-0.2, 0) is 25.4 Å². The number of H-pyrrole nitrogens is 1. The van der Waals surface area contributed by atoms with Crippen LogP contribution in [0, 0.1) is 0 Å². The van der Waals surface area contributed by atoms with Crippen molar-refractivity contribution < 1.29 is 14.2 Å². The first-order valence-corrected chi connectivity index (χ1v) is 10.1. The topological polar surface area (TPSA) is 92.0 Å². The standard InChI is InChI=1S/C22H24N6O3/c1-27-22-17(12-23-27)14-5-7-18-16(11-14)19(25-24-18)8-6-15-20(13-29-3)26-28(2)21(15)30-9-4-10-31-22/h5-8,11-12H,4,9-10,13H2,1-3H3,(H,24,25)/b8-6+. The van der Waals surface area contributed by atoms with Crippen LogP contribution in [0.25, 0.3) is 34.2 Å². The smallest absolute Gasteiger partial charge is 0.219 e. The number of nitrogens with one attached hydrogen (secondary N) is 1. The molecule has 0 saturated carbocycles. The Morgan fingerprint density at radius 3 is 2.77 bits per heavy atom. The molecule has 0 amide bonds. The van der Waals surface area contributed by atoms with E-state index in [9.17, 15) is 0 Å². The molecule has 0 fully saturated rings. The van der Waals surface area contributed by atoms with Gasteiger partial charge in [-0.25, -0.2) is 9.36 Å². The van der Waals surface area contributed by atoms with Crippen LogP contribution in [0.2, 0.25) is 0 Å². The van der Waals surface area contributed by atoms with Crippen LogP contribution in [0.5, 0.6) is 11.8 Å². The van der Waals surface area contributed by atoms with Gasteiger partial charge in [-0.2, -0.15) is 15.3 Å². The SMILES string of the molecule is COCc1nn(C)c2c1/C=C/c1[nH]nc3ccc(cc13)-c1cnn(C)c1OCCCO2. The molecule has 2 bridgehead atoms. The van der Waals surface area contributed by atoms with E-state index in [-0.39, 0.29) is 0 Å². The van der Waals surface area contributed by atoms with Crippen LogP contribution in [0.15, 0.2) is 24.4 Å². The van der Waals surface area contributed by atoms with E-state index >= 15 is 0 Å². The minimum atomic E-state index is 0.399. The molecule has 0 unspecified atom stereocenters. The zero-order valence-electron chi connectivity index (χ0n) is 17.8. The van der Waals surface area contributed by atoms with E-state index in [0.29, 0.717) is 25.7 Å². The highest BCUT2D eigenvalue weighted by molar-refractivity contribution is 5.93. The maximum Gasteiger partial charge on any atom is 0.219 e. The maximum atomic E-state index is 6.09. The summed E-state index contributed by atoms with van der Waals surface area (Å²) in [7, 11) is 5.41. The number of ether oxygens (including phenoxy) is 3. The molecule has 9 heteroatoms. The van der Waals surface area contributed by atoms with Gasteiger partial charge in [0.25, 0.3) is 0 Å². The zero-order chi connectivity index (χ0) is 21.4. The fourth-order valence-electron chi connectivity index (χ4n) is 3.84. The van der Waals surface area contributed by atoms with Crippen molar-refractivity contribution >= 4 is 23.1 Å². The Morgan fingerprint density at radius 2 is 1.94 bits per heavy atom. The predicted molar refractivity (Wildman–Crippen MR) is 117 cm³/mol. The van der Waals surface area contributed by atoms with Gasteiger partial charge in [-0.1, -0.05) is 6.07 Å². The number of nitrogens with zero attached hydrogens (tertiary/aromatic N) is 5. The summed E-state index contributed by atoms with van der Waals surface area (Å²) in [4.78, 5) is 0. The minimum absolute atomic E-state index is 0.399. The molecule has 9 nitrogen and oxygen atoms in total. The number of aromatic amines is 1. The minimum Gasteiger partial charge on any atom is -0.477 e. The summed E-state index contributed by atoms with van der Waals surface area (Å²) in [5, 5.41) is 17.5. The number of aromatic nitrogens is 6. The van der Waals surface area contributed by atoms with Crippen LogP contribution in [-0.4, -0.2) is 50.1 Å². The lowest BCUT2D eigenvalue weighted by molar-refractivity contribution is 0.180. The molecule has 1 aliphatic rings. The van der Waals surface area contributed by atoms with Crippen molar-refractivity contribution in [3.05, 3.63) is 41.3 Å². The van der Waals surface area contributed by atoms with Crippen LogP contribution in [0.1, 0.15) is 23.4 Å². The summed E-state index contributed by atoms with van der Waals surface area (Å²) in [6, 6.07) is 6.15. The monoisotopic (exact) mass is 420 g/mol. The Hall–Kier alpha value is -3.59. The molecule has 4 heterocycles. The second kappa shape index (κ2) is 7.92. The largest absolute Gasteiger partial charge is 0.477 e. The van der Waals surface area contributed by atoms with Gasteiger partial charge in [-0.3, -0.25) is 5.10 Å². The van der Waals surface area contributed by atoms with E-state index < -0.39 is 0 Å². The molecule has 0 atom stereocenters. The van der Waals surface area contributed by atoms with E-state index in [2.05, 4.69) is 26.5 Å². The summed E-state index contributed by atoms with van der Waals surface area (Å²) in [6.45, 7) is 1.41. The Morgan fingerprint density at radius 1 is 1.10 bits per heavy atom. The van der Waals surface area contributed by atoms with Crippen molar-refractivity contribution in [1.29, 1.82) is 0 Å². The van der Waals surface area contributed by atoms with Crippen molar-refractivity contribution in [3.8, 4) is 22.9 Å². The van der Waals surface area contributed by atoms with Crippen LogP contribution in [0.4, 0.5) is 0 Å². The van der Waals surface area contributed by atoms with Gasteiger partial charge in [0.1, 0.15) is 0 Å². The fourth-order valence-corrected chi connectivity index (χ4v) is 3.84. The summed E-state index contributed by atoms with van der Waals surface area (Å²) < 4.78 is 21.0. The van der Waals surface area contributed by atoms with Gasteiger partial charge in [0.05, 0.1) is 54.0 Å². The maximum absolute atomic E-state index is 6.09. The van der Waals surface area contributed by atoms with Crippen molar-refractivity contribution in [1.82, 2.24) is 29.8 Å². The van der Waals surface area contributed by atoms with Gasteiger partial charge < -0.3 is 14.2 Å². The van der Waals surface area contributed by atoms with Crippen LogP contribution < -0.4 is 9.47 Å². The van der Waals surface area contributed by atoms with Crippen molar-refractivity contribution in [2.45, 2.75) is 13.0 Å². The van der Waals surface area contributed by atoms with Gasteiger partial charge >= 0.3 is 0 Å². The van der Waals surface area contributed by atoms with Gasteiger partial charge in [0.2, 0.25) is 11.8 Å². The van der Waals surface area contributed by atoms with Gasteiger partial charge in [-0.15, -0.1) is 0 Å². The molecule has 160 valence electrons. The van der Waals surface area contributed by atoms with E-state index in [4.69, 9.17) is 14.2 Å². The molecule has 0 aliphatic carbocycles. The molecule has 4 aromatic rings. The third kappa shape index (κ3) is 3.46. The molecule has 1 aliphatic heterocycles. The molecule has 5 rings (SSSR count). The van der Waals surface area contributed by atoms with Crippen LogP contribution in [0.3, 0.4) is 0 Å². The number of aryl methyl sites for hydroxylation is 2. The van der Waals surface area contributed by atoms with Crippen molar-refractivity contribution in [2.75, 3.05) is 20.3 Å². The number of benzene rings is 1. The van der Waals surface area contributed by atoms with Gasteiger partial charge in [0.15, 0.2) is 0 Å². The number of hydrogen-bond donors (Lipinski definition) is 1. The Balaban J connectivity index is 1.65. The molecular formula is C22H24N6O3. The third-order valence-corrected chi connectivity index (χ3v) is 5.35. The molecule has 1 N–H and O–H groups in total. The number of fused-ring (bicyclic) bond motifs is 4. The third-order valence-electron chi connectivity index (χ3n) is 5.35. The number of hydrogen-bond acceptors (Lipinski definition) is 6. The van der Waals surface area contributed by atoms with E-state index in [1.807, 2.05) is 44.6 Å². The highest BCUT2D eigenvalue weighted by atomic mass is 16.5. The lowest BCUT2D eigenvalue weighted by atomic mass is 10.1. The average Bonchev–Trinajstić information content (AvgIpc) is 3.42. The summed E-state index contributed by atoms with van der Waals surface area (Å²) >= 11 is 0. The first-order valence-electron chi connectivity index (χ1n) is 10.1. The summed E-state index contributed by atoms with van der Waals surface area (Å²) in [6.07, 6.45) is 6.56. The molecule has 0 radical (unpaired) electrons. The summed E-state index contributed by atoms with van der Waals surface area (Å²) in [5.74, 6) is 1.43. The van der Waals surface area contributed by atoms with E-state index in [0.717, 1.165) is 51.3 Å². The number of methoxy groups -OCH3 is 1. The fraction of sp³-hybridized carbons (Fsp3) is 0.318. The highest BCUT2D eigenvalue weighted by Crippen LogP contribution is 2.33. The second-order valence-corrected chi connectivity index (χ2v) is 7.46. The quantitative estimate of drug-likeness (QED) is 0.536. The second-order valence-electron chi connectivity index (χ2n) is 7.46. The molecule has 31 heavy (non-hydrogen) atoms. The average molecular weight is 420 g/mol. The van der Waals surface area contributed by atoms with Gasteiger partial charge in [0, 0.05) is 33.0 Å². The molecule has 3 aromatic heterocycles. The Labute approximate surface area is 179 Å². The van der Waals surface area contributed by atoms with Gasteiger partial charge in [-0.05, 0) is 29.8 Å². The molecule has 1 aromatic carbocycles. The first kappa shape index (κ1) is 19.4. The zero-order valence-corrected chi connectivity index (χ0v) is 17.8. The van der Waals surface area contributed by atoms with E-state index in [1.165, 1.54) is 0 Å². The molecule has 0 saturated heterocycles. The molecule has 0 spiro atoms. The lowest BCUT2D eigenvalue weighted by Gasteiger charge is -2.10. The molecular weight excluding hydrogens is 396 g/mol. The van der Waals surface area contributed by atoms with E-state index in [1.54, 1.807) is 16.5 Å².